The van der Waals surface area contributed by atoms with Gasteiger partial charge < -0.3 is 4.42 Å². The van der Waals surface area contributed by atoms with Crippen LogP contribution in [0.4, 0.5) is 4.39 Å². The molecule has 0 amide bonds. The predicted molar refractivity (Wildman–Crippen MR) is 106 cm³/mol. The molecule has 3 heterocycles. The summed E-state index contributed by atoms with van der Waals surface area (Å²) in [6.45, 7) is -0.0659. The smallest absolute Gasteiger partial charge is 0.390 e. The van der Waals surface area contributed by atoms with Gasteiger partial charge in [-0.25, -0.2) is 19.2 Å². The summed E-state index contributed by atoms with van der Waals surface area (Å²) < 4.78 is 22.7. The fraction of sp³-hybridized carbons (Fsp3) is 0.250. The lowest BCUT2D eigenvalue weighted by Crippen LogP contribution is -2.41. The van der Waals surface area contributed by atoms with E-state index >= 15 is 4.39 Å². The van der Waals surface area contributed by atoms with Gasteiger partial charge in [0.15, 0.2) is 5.65 Å². The number of hydrogen-bond donors (Lipinski definition) is 0. The van der Waals surface area contributed by atoms with Gasteiger partial charge in [0.2, 0.25) is 5.89 Å². The van der Waals surface area contributed by atoms with Crippen molar-refractivity contribution in [2.45, 2.75) is 31.1 Å². The van der Waals surface area contributed by atoms with Crippen LogP contribution in [0.3, 0.4) is 0 Å². The van der Waals surface area contributed by atoms with E-state index in [9.17, 15) is 9.59 Å². The number of nitrogens with zero attached hydrogens (tertiary/aromatic N) is 5. The molecule has 4 aromatic rings. The van der Waals surface area contributed by atoms with Gasteiger partial charge in [-0.1, -0.05) is 23.7 Å². The maximum Gasteiger partial charge on any atom is 0.437 e. The molecule has 0 atom stereocenters. The van der Waals surface area contributed by atoms with Crippen LogP contribution in [0.15, 0.2) is 62.9 Å². The van der Waals surface area contributed by atoms with Crippen molar-refractivity contribution in [3.05, 3.63) is 86.3 Å². The van der Waals surface area contributed by atoms with E-state index in [2.05, 4.69) is 15.1 Å². The molecule has 30 heavy (non-hydrogen) atoms. The van der Waals surface area contributed by atoms with E-state index in [4.69, 9.17) is 16.0 Å². The molecular weight excluding hydrogens is 413 g/mol. The molecule has 1 aliphatic carbocycles. The van der Waals surface area contributed by atoms with Gasteiger partial charge in [-0.05, 0) is 29.8 Å². The van der Waals surface area contributed by atoms with E-state index in [0.717, 1.165) is 4.68 Å². The molecule has 8 nitrogen and oxygen atoms in total. The number of aromatic nitrogens is 5. The molecule has 1 saturated carbocycles. The first kappa shape index (κ1) is 18.7. The average molecular weight is 428 g/mol. The second kappa shape index (κ2) is 6.88. The summed E-state index contributed by atoms with van der Waals surface area (Å²) in [5.74, 6) is -0.633. The van der Waals surface area contributed by atoms with Crippen molar-refractivity contribution in [1.29, 1.82) is 0 Å². The Morgan fingerprint density at radius 1 is 1.17 bits per heavy atom. The van der Waals surface area contributed by atoms with Crippen LogP contribution in [0.25, 0.3) is 11.0 Å². The molecule has 0 bridgehead atoms. The van der Waals surface area contributed by atoms with Gasteiger partial charge in [0.1, 0.15) is 18.5 Å². The van der Waals surface area contributed by atoms with Crippen molar-refractivity contribution >= 4 is 22.6 Å². The molecule has 0 saturated heterocycles. The third-order valence-electron chi connectivity index (χ3n) is 5.34. The van der Waals surface area contributed by atoms with Crippen molar-refractivity contribution in [1.82, 2.24) is 24.3 Å². The molecule has 1 aromatic carbocycles. The molecule has 0 spiro atoms. The normalized spacial score (nSPS) is 20.9. The van der Waals surface area contributed by atoms with Crippen LogP contribution in [0, 0.1) is 0 Å². The quantitative estimate of drug-likeness (QED) is 0.497. The summed E-state index contributed by atoms with van der Waals surface area (Å²) in [4.78, 5) is 33.0. The van der Waals surface area contributed by atoms with E-state index in [-0.39, 0.29) is 30.8 Å². The first-order chi connectivity index (χ1) is 14.4. The van der Waals surface area contributed by atoms with Gasteiger partial charge >= 0.3 is 5.76 Å². The highest BCUT2D eigenvalue weighted by atomic mass is 35.5. The molecule has 5 rings (SSSR count). The minimum atomic E-state index is -1.54. The fourth-order valence-electron chi connectivity index (χ4n) is 3.72. The Hall–Kier alpha value is -3.33. The van der Waals surface area contributed by atoms with Gasteiger partial charge in [-0.2, -0.15) is 4.68 Å². The lowest BCUT2D eigenvalue weighted by atomic mass is 9.73. The van der Waals surface area contributed by atoms with Crippen LogP contribution >= 0.6 is 11.6 Å². The topological polar surface area (TPSA) is 95.8 Å². The number of pyridine rings is 1. The highest BCUT2D eigenvalue weighted by molar-refractivity contribution is 6.30. The minimum Gasteiger partial charge on any atom is -0.390 e. The first-order valence-corrected chi connectivity index (χ1v) is 9.64. The highest BCUT2D eigenvalue weighted by Crippen LogP contribution is 2.51. The van der Waals surface area contributed by atoms with Crippen LogP contribution in [-0.4, -0.2) is 24.3 Å². The van der Waals surface area contributed by atoms with Crippen LogP contribution in [0.5, 0.6) is 0 Å². The van der Waals surface area contributed by atoms with Gasteiger partial charge in [0.05, 0.1) is 11.4 Å². The summed E-state index contributed by atoms with van der Waals surface area (Å²) in [5.41, 5.74) is -1.01. The molecular formula is C20H15ClFN5O3. The number of rotatable bonds is 4. The van der Waals surface area contributed by atoms with E-state index in [1.54, 1.807) is 42.6 Å². The van der Waals surface area contributed by atoms with Crippen LogP contribution in [-0.2, 0) is 12.2 Å². The van der Waals surface area contributed by atoms with Gasteiger partial charge in [-0.15, -0.1) is 5.10 Å². The number of alkyl halides is 1. The Morgan fingerprint density at radius 3 is 2.70 bits per heavy atom. The van der Waals surface area contributed by atoms with Crippen molar-refractivity contribution in [3.63, 3.8) is 0 Å². The number of hydrogen-bond acceptors (Lipinski definition) is 6. The molecule has 152 valence electrons. The van der Waals surface area contributed by atoms with Gasteiger partial charge in [0.25, 0.3) is 5.56 Å². The SMILES string of the molecule is O=c1c2cccnc2ncn1Cc1nn([C@H]2C[C@](F)(c3ccc(Cl)cc3)C2)c(=O)o1. The van der Waals surface area contributed by atoms with Crippen LogP contribution in [0.2, 0.25) is 5.02 Å². The summed E-state index contributed by atoms with van der Waals surface area (Å²) in [6.07, 6.45) is 3.08. The monoisotopic (exact) mass is 427 g/mol. The summed E-state index contributed by atoms with van der Waals surface area (Å²) in [7, 11) is 0. The second-order valence-electron chi connectivity index (χ2n) is 7.29. The minimum absolute atomic E-state index is 0.0509. The zero-order valence-electron chi connectivity index (χ0n) is 15.5. The number of benzene rings is 1. The van der Waals surface area contributed by atoms with E-state index in [1.807, 2.05) is 0 Å². The third-order valence-corrected chi connectivity index (χ3v) is 5.59. The Bertz CT molecular complexity index is 1360. The molecule has 1 fully saturated rings. The fourth-order valence-corrected chi connectivity index (χ4v) is 3.85. The van der Waals surface area contributed by atoms with Crippen molar-refractivity contribution in [2.75, 3.05) is 0 Å². The molecule has 10 heteroatoms. The molecule has 3 aromatic heterocycles. The highest BCUT2D eigenvalue weighted by Gasteiger charge is 2.48. The standard InChI is InChI=1S/C20H15ClFN5O3/c21-13-5-3-12(4-6-13)20(22)8-14(9-20)27-19(29)30-16(25-27)10-26-11-24-17-15(18(26)28)2-1-7-23-17/h1-7,11,14H,8-10H2/t14-,20+. The summed E-state index contributed by atoms with van der Waals surface area (Å²) >= 11 is 5.86. The van der Waals surface area contributed by atoms with Crippen molar-refractivity contribution < 1.29 is 8.81 Å². The first-order valence-electron chi connectivity index (χ1n) is 9.27. The Balaban J connectivity index is 1.36. The maximum absolute atomic E-state index is 15.1. The van der Waals surface area contributed by atoms with E-state index in [0.29, 0.717) is 21.6 Å². The number of halogens is 2. The van der Waals surface area contributed by atoms with Crippen molar-refractivity contribution in [3.8, 4) is 0 Å². The molecule has 0 aliphatic heterocycles. The zero-order valence-corrected chi connectivity index (χ0v) is 16.3. The van der Waals surface area contributed by atoms with Crippen molar-refractivity contribution in [2.24, 2.45) is 0 Å². The Morgan fingerprint density at radius 2 is 1.93 bits per heavy atom. The average Bonchev–Trinajstić information content (AvgIpc) is 3.08. The Labute approximate surface area is 173 Å². The lowest BCUT2D eigenvalue weighted by Gasteiger charge is -2.40. The van der Waals surface area contributed by atoms with E-state index in [1.165, 1.54) is 10.9 Å². The zero-order chi connectivity index (χ0) is 20.9. The molecule has 0 unspecified atom stereocenters. The summed E-state index contributed by atoms with van der Waals surface area (Å²) in [6, 6.07) is 9.40. The van der Waals surface area contributed by atoms with E-state index < -0.39 is 17.5 Å². The molecule has 0 N–H and O–H groups in total. The third kappa shape index (κ3) is 3.11. The van der Waals surface area contributed by atoms with Crippen LogP contribution in [0.1, 0.15) is 30.3 Å². The number of fused-ring (bicyclic) bond motifs is 1. The maximum atomic E-state index is 15.1. The molecule has 1 aliphatic rings. The lowest BCUT2D eigenvalue weighted by molar-refractivity contribution is 0.00179. The van der Waals surface area contributed by atoms with Crippen LogP contribution < -0.4 is 11.3 Å². The summed E-state index contributed by atoms with van der Waals surface area (Å²) in [5, 5.41) is 5.05. The Kier molecular flexibility index (Phi) is 4.28. The largest absolute Gasteiger partial charge is 0.437 e. The van der Waals surface area contributed by atoms with Gasteiger partial charge in [0, 0.05) is 24.1 Å². The predicted octanol–water partition coefficient (Wildman–Crippen LogP) is 2.84. The van der Waals surface area contributed by atoms with Gasteiger partial charge in [-0.3, -0.25) is 9.36 Å². The molecule has 0 radical (unpaired) electrons. The second-order valence-corrected chi connectivity index (χ2v) is 7.73.